The van der Waals surface area contributed by atoms with Crippen LogP contribution in [-0.2, 0) is 0 Å². The molecule has 0 saturated heterocycles. The van der Waals surface area contributed by atoms with Crippen molar-refractivity contribution in [2.45, 2.75) is 87.8 Å². The van der Waals surface area contributed by atoms with Crippen molar-refractivity contribution < 1.29 is 9.90 Å². The lowest BCUT2D eigenvalue weighted by Gasteiger charge is -2.58. The number of nitrogens with one attached hydrogen (secondary N) is 2. The number of nitrogens with zero attached hydrogens (tertiary/aromatic N) is 2. The predicted octanol–water partition coefficient (Wildman–Crippen LogP) is 2.99. The number of carbonyl (C=O) groups excluding carboxylic acids is 1. The van der Waals surface area contributed by atoms with Gasteiger partial charge in [0.2, 0.25) is 5.95 Å². The Balaban J connectivity index is 1.23. The Kier molecular flexibility index (Phi) is 3.78. The number of aromatic nitrogens is 2. The second-order valence-corrected chi connectivity index (χ2v) is 10.2. The van der Waals surface area contributed by atoms with Gasteiger partial charge in [-0.1, -0.05) is 6.42 Å². The molecule has 28 heavy (non-hydrogen) atoms. The molecule has 0 aromatic carbocycles. The third kappa shape index (κ3) is 2.92. The maximum atomic E-state index is 13.3. The monoisotopic (exact) mass is 382 g/mol. The van der Waals surface area contributed by atoms with Crippen LogP contribution in [0.25, 0.3) is 0 Å². The number of hydrogen-bond donors (Lipinski definition) is 3. The number of aliphatic hydroxyl groups is 1. The van der Waals surface area contributed by atoms with Crippen molar-refractivity contribution in [1.29, 1.82) is 0 Å². The summed E-state index contributed by atoms with van der Waals surface area (Å²) in [6.45, 7) is 0. The van der Waals surface area contributed by atoms with E-state index in [1.807, 2.05) is 0 Å². The molecule has 0 aliphatic heterocycles. The van der Waals surface area contributed by atoms with E-state index in [2.05, 4.69) is 15.6 Å². The van der Waals surface area contributed by atoms with Gasteiger partial charge < -0.3 is 15.7 Å². The summed E-state index contributed by atoms with van der Waals surface area (Å²) in [6, 6.07) is 0.704. The average molecular weight is 383 g/mol. The van der Waals surface area contributed by atoms with Gasteiger partial charge in [-0.05, 0) is 75.5 Å². The van der Waals surface area contributed by atoms with Gasteiger partial charge in [0.05, 0.1) is 16.9 Å². The van der Waals surface area contributed by atoms with Gasteiger partial charge >= 0.3 is 0 Å². The van der Waals surface area contributed by atoms with E-state index in [1.165, 1.54) is 19.3 Å². The molecule has 1 aromatic heterocycles. The van der Waals surface area contributed by atoms with E-state index < -0.39 is 5.60 Å². The van der Waals surface area contributed by atoms with E-state index in [9.17, 15) is 9.90 Å². The van der Waals surface area contributed by atoms with Gasteiger partial charge in [0.15, 0.2) is 0 Å². The first kappa shape index (κ1) is 17.2. The molecule has 6 nitrogen and oxygen atoms in total. The van der Waals surface area contributed by atoms with Crippen LogP contribution in [0.5, 0.6) is 0 Å². The summed E-state index contributed by atoms with van der Waals surface area (Å²) in [4.78, 5) is 22.5. The second kappa shape index (κ2) is 6.15. The average Bonchev–Trinajstić information content (AvgIpc) is 3.39. The zero-order chi connectivity index (χ0) is 18.9. The Morgan fingerprint density at radius 2 is 1.86 bits per heavy atom. The van der Waals surface area contributed by atoms with Crippen LogP contribution in [0.3, 0.4) is 0 Å². The molecular weight excluding hydrogens is 352 g/mol. The highest BCUT2D eigenvalue weighted by Gasteiger charge is 2.55. The van der Waals surface area contributed by atoms with E-state index in [1.54, 1.807) is 6.20 Å². The van der Waals surface area contributed by atoms with E-state index in [4.69, 9.17) is 4.98 Å². The molecule has 2 unspecified atom stereocenters. The van der Waals surface area contributed by atoms with Crippen molar-refractivity contribution in [2.24, 2.45) is 17.8 Å². The molecule has 6 aliphatic carbocycles. The van der Waals surface area contributed by atoms with Gasteiger partial charge in [0, 0.05) is 24.2 Å². The fourth-order valence-electron chi connectivity index (χ4n) is 6.49. The van der Waals surface area contributed by atoms with Crippen molar-refractivity contribution in [1.82, 2.24) is 15.3 Å². The Bertz CT molecular complexity index is 788. The predicted molar refractivity (Wildman–Crippen MR) is 105 cm³/mol. The summed E-state index contributed by atoms with van der Waals surface area (Å²) in [5.41, 5.74) is 1.14. The zero-order valence-corrected chi connectivity index (χ0v) is 16.4. The van der Waals surface area contributed by atoms with Gasteiger partial charge in [-0.2, -0.15) is 0 Å². The Hall–Kier alpha value is -1.69. The van der Waals surface area contributed by atoms with Gasteiger partial charge in [0.1, 0.15) is 0 Å². The summed E-state index contributed by atoms with van der Waals surface area (Å²) >= 11 is 0. The highest BCUT2D eigenvalue weighted by Crippen LogP contribution is 2.55. The van der Waals surface area contributed by atoms with E-state index in [-0.39, 0.29) is 11.9 Å². The van der Waals surface area contributed by atoms with E-state index in [0.29, 0.717) is 41.2 Å². The van der Waals surface area contributed by atoms with Crippen molar-refractivity contribution in [2.75, 3.05) is 5.32 Å². The third-order valence-electron chi connectivity index (χ3n) is 8.00. The van der Waals surface area contributed by atoms with E-state index >= 15 is 0 Å². The summed E-state index contributed by atoms with van der Waals surface area (Å²) in [7, 11) is 0. The minimum Gasteiger partial charge on any atom is -0.390 e. The van der Waals surface area contributed by atoms with Crippen molar-refractivity contribution in [3.63, 3.8) is 0 Å². The molecule has 1 aromatic rings. The number of anilines is 1. The molecule has 6 saturated carbocycles. The number of amides is 1. The van der Waals surface area contributed by atoms with Crippen LogP contribution in [-0.4, -0.2) is 38.7 Å². The van der Waals surface area contributed by atoms with E-state index in [0.717, 1.165) is 50.6 Å². The van der Waals surface area contributed by atoms with Crippen LogP contribution >= 0.6 is 0 Å². The smallest absolute Gasteiger partial charge is 0.254 e. The maximum absolute atomic E-state index is 13.3. The summed E-state index contributed by atoms with van der Waals surface area (Å²) in [6.07, 6.45) is 12.5. The number of hydrogen-bond acceptors (Lipinski definition) is 5. The molecule has 1 heterocycles. The first-order valence-corrected chi connectivity index (χ1v) is 11.2. The molecule has 0 spiro atoms. The van der Waals surface area contributed by atoms with Gasteiger partial charge in [-0.25, -0.2) is 9.97 Å². The van der Waals surface area contributed by atoms with Crippen molar-refractivity contribution in [3.8, 4) is 0 Å². The molecule has 3 N–H and O–H groups in total. The van der Waals surface area contributed by atoms with Crippen LogP contribution in [0, 0.1) is 17.8 Å². The lowest BCUT2D eigenvalue weighted by Crippen LogP contribution is -2.61. The molecule has 4 bridgehead atoms. The Morgan fingerprint density at radius 1 is 1.11 bits per heavy atom. The van der Waals surface area contributed by atoms with Crippen molar-refractivity contribution in [3.05, 3.63) is 17.5 Å². The zero-order valence-electron chi connectivity index (χ0n) is 16.4. The highest BCUT2D eigenvalue weighted by molar-refractivity contribution is 5.95. The quantitative estimate of drug-likeness (QED) is 0.729. The third-order valence-corrected chi connectivity index (χ3v) is 8.00. The largest absolute Gasteiger partial charge is 0.390 e. The second-order valence-electron chi connectivity index (χ2n) is 10.2. The standard InChI is InChI=1S/C22H30N4O2/c27-20(25-18-14-6-12-7-15(18)10-22(28,8-12)9-14)17-11-23-21(24-16-4-5-16)26-19(17)13-2-1-3-13/h11-16,18,28H,1-10H2,(H,25,27)(H,23,24,26). The maximum Gasteiger partial charge on any atom is 0.254 e. The first-order chi connectivity index (χ1) is 13.6. The summed E-state index contributed by atoms with van der Waals surface area (Å²) < 4.78 is 0. The highest BCUT2D eigenvalue weighted by atomic mass is 16.3. The van der Waals surface area contributed by atoms with Crippen LogP contribution in [0.1, 0.15) is 86.2 Å². The molecule has 1 amide bonds. The lowest BCUT2D eigenvalue weighted by atomic mass is 9.52. The molecule has 2 atom stereocenters. The SMILES string of the molecule is O=C(NC1C2CC3CC1CC(O)(C3)C2)c1cnc(NC2CC2)nc1C1CCC1. The molecule has 7 rings (SSSR count). The fraction of sp³-hybridized carbons (Fsp3) is 0.773. The molecule has 150 valence electrons. The molecule has 0 radical (unpaired) electrons. The Morgan fingerprint density at radius 3 is 2.46 bits per heavy atom. The normalized spacial score (nSPS) is 38.9. The van der Waals surface area contributed by atoms with Crippen LogP contribution < -0.4 is 10.6 Å². The topological polar surface area (TPSA) is 87.1 Å². The van der Waals surface area contributed by atoms with Crippen LogP contribution in [0.15, 0.2) is 6.20 Å². The minimum atomic E-state index is -0.464. The first-order valence-electron chi connectivity index (χ1n) is 11.2. The molecule has 6 heteroatoms. The fourth-order valence-corrected chi connectivity index (χ4v) is 6.49. The summed E-state index contributed by atoms with van der Waals surface area (Å²) in [5.74, 6) is 2.55. The van der Waals surface area contributed by atoms with Crippen LogP contribution in [0.4, 0.5) is 5.95 Å². The van der Waals surface area contributed by atoms with Gasteiger partial charge in [-0.3, -0.25) is 4.79 Å². The minimum absolute atomic E-state index is 0.00987. The lowest BCUT2D eigenvalue weighted by molar-refractivity contribution is -0.136. The van der Waals surface area contributed by atoms with Crippen molar-refractivity contribution >= 4 is 11.9 Å². The molecular formula is C22H30N4O2. The number of rotatable bonds is 5. The van der Waals surface area contributed by atoms with Gasteiger partial charge in [-0.15, -0.1) is 0 Å². The van der Waals surface area contributed by atoms with Gasteiger partial charge in [0.25, 0.3) is 5.91 Å². The molecule has 6 fully saturated rings. The number of carbonyl (C=O) groups is 1. The molecule has 6 aliphatic rings. The van der Waals surface area contributed by atoms with Crippen LogP contribution in [0.2, 0.25) is 0 Å². The summed E-state index contributed by atoms with van der Waals surface area (Å²) in [5, 5.41) is 17.5. The Labute approximate surface area is 165 Å².